The number of methoxy groups -OCH3 is 1. The maximum atomic E-state index is 13.0. The highest BCUT2D eigenvalue weighted by Crippen LogP contribution is 2.31. The molecule has 1 aromatic heterocycles. The summed E-state index contributed by atoms with van der Waals surface area (Å²) < 4.78 is 5.41. The van der Waals surface area contributed by atoms with Gasteiger partial charge in [0.2, 0.25) is 5.91 Å². The summed E-state index contributed by atoms with van der Waals surface area (Å²) in [6.45, 7) is 4.81. The fraction of sp³-hybridized carbons (Fsp3) is 0.444. The van der Waals surface area contributed by atoms with E-state index in [2.05, 4.69) is 17.2 Å². The van der Waals surface area contributed by atoms with E-state index in [1.165, 1.54) is 0 Å². The topological polar surface area (TPSA) is 54.5 Å². The number of para-hydroxylation sites is 2. The summed E-state index contributed by atoms with van der Waals surface area (Å²) in [4.78, 5) is 20.3. The Balaban J connectivity index is 1.75. The van der Waals surface area contributed by atoms with Crippen LogP contribution < -0.4 is 15.0 Å². The van der Waals surface area contributed by atoms with Gasteiger partial charge in [0, 0.05) is 23.7 Å². The highest BCUT2D eigenvalue weighted by Gasteiger charge is 2.32. The molecule has 1 saturated heterocycles. The van der Waals surface area contributed by atoms with Crippen molar-refractivity contribution in [2.45, 2.75) is 38.8 Å². The van der Waals surface area contributed by atoms with Gasteiger partial charge < -0.3 is 9.64 Å². The average Bonchev–Trinajstić information content (AvgIpc) is 3.03. The molecule has 2 heterocycles. The number of benzene rings is 1. The Morgan fingerprint density at radius 1 is 1.42 bits per heavy atom. The minimum absolute atomic E-state index is 0.110. The summed E-state index contributed by atoms with van der Waals surface area (Å²) in [5, 5.41) is 4.52. The van der Waals surface area contributed by atoms with Gasteiger partial charge in [-0.1, -0.05) is 12.1 Å². The van der Waals surface area contributed by atoms with Crippen LogP contribution in [0.2, 0.25) is 0 Å². The van der Waals surface area contributed by atoms with Gasteiger partial charge in [-0.05, 0) is 38.8 Å². The van der Waals surface area contributed by atoms with Crippen LogP contribution >= 0.6 is 11.3 Å². The van der Waals surface area contributed by atoms with Gasteiger partial charge in [0.15, 0.2) is 0 Å². The molecule has 5 nitrogen and oxygen atoms in total. The van der Waals surface area contributed by atoms with Crippen molar-refractivity contribution in [1.82, 2.24) is 10.3 Å². The lowest BCUT2D eigenvalue weighted by Crippen LogP contribution is -2.51. The molecule has 6 heteroatoms. The second-order valence-electron chi connectivity index (χ2n) is 6.03. The number of nitrogens with zero attached hydrogens (tertiary/aromatic N) is 2. The third kappa shape index (κ3) is 3.44. The van der Waals surface area contributed by atoms with Crippen molar-refractivity contribution in [1.29, 1.82) is 0 Å². The number of aromatic nitrogens is 1. The molecule has 0 saturated carbocycles. The lowest BCUT2D eigenvalue weighted by Gasteiger charge is -2.34. The largest absolute Gasteiger partial charge is 0.495 e. The first-order valence-corrected chi connectivity index (χ1v) is 9.04. The Kier molecular flexibility index (Phi) is 5.16. The minimum Gasteiger partial charge on any atom is -0.495 e. The molecule has 0 radical (unpaired) electrons. The zero-order valence-electron chi connectivity index (χ0n) is 14.3. The first kappa shape index (κ1) is 16.9. The number of aryl methyl sites for hydroxylation is 1. The SMILES string of the molecule is COc1ccccc1N1CCC[C@@H](N[C@H](C)c2cnc(C)s2)C1=O. The molecule has 1 amide bonds. The van der Waals surface area contributed by atoms with Crippen LogP contribution in [-0.2, 0) is 4.79 Å². The number of piperidine rings is 1. The zero-order chi connectivity index (χ0) is 17.1. The molecular formula is C18H23N3O2S. The van der Waals surface area contributed by atoms with E-state index in [9.17, 15) is 4.79 Å². The highest BCUT2D eigenvalue weighted by atomic mass is 32.1. The van der Waals surface area contributed by atoms with Crippen molar-refractivity contribution in [3.8, 4) is 5.75 Å². The van der Waals surface area contributed by atoms with Gasteiger partial charge in [0.1, 0.15) is 5.75 Å². The Morgan fingerprint density at radius 3 is 2.92 bits per heavy atom. The smallest absolute Gasteiger partial charge is 0.244 e. The normalized spacial score (nSPS) is 19.4. The van der Waals surface area contributed by atoms with Crippen LogP contribution in [-0.4, -0.2) is 30.6 Å². The number of amides is 1. The van der Waals surface area contributed by atoms with Gasteiger partial charge in [0.05, 0.1) is 23.8 Å². The molecule has 0 aliphatic carbocycles. The molecule has 1 aliphatic heterocycles. The third-order valence-electron chi connectivity index (χ3n) is 4.33. The van der Waals surface area contributed by atoms with Crippen LogP contribution in [0.1, 0.15) is 35.7 Å². The van der Waals surface area contributed by atoms with Gasteiger partial charge in [-0.3, -0.25) is 10.1 Å². The van der Waals surface area contributed by atoms with Gasteiger partial charge in [-0.25, -0.2) is 4.98 Å². The number of hydrogen-bond donors (Lipinski definition) is 1. The van der Waals surface area contributed by atoms with E-state index in [0.29, 0.717) is 0 Å². The standard InChI is InChI=1S/C18H23N3O2S/c1-12(17-11-19-13(2)24-17)20-14-7-6-10-21(18(14)22)15-8-4-5-9-16(15)23-3/h4-5,8-9,11-12,14,20H,6-7,10H2,1-3H3/t12-,14-/m1/s1. The Hall–Kier alpha value is -1.92. The monoisotopic (exact) mass is 345 g/mol. The van der Waals surface area contributed by atoms with E-state index in [0.717, 1.165) is 40.7 Å². The van der Waals surface area contributed by atoms with Crippen molar-refractivity contribution in [2.75, 3.05) is 18.6 Å². The number of carbonyl (C=O) groups is 1. The maximum Gasteiger partial charge on any atom is 0.244 e. The zero-order valence-corrected chi connectivity index (χ0v) is 15.1. The van der Waals surface area contributed by atoms with Crippen LogP contribution in [0, 0.1) is 6.92 Å². The average molecular weight is 345 g/mol. The van der Waals surface area contributed by atoms with E-state index in [1.807, 2.05) is 42.3 Å². The van der Waals surface area contributed by atoms with E-state index in [-0.39, 0.29) is 18.0 Å². The number of rotatable bonds is 5. The molecule has 128 valence electrons. The maximum absolute atomic E-state index is 13.0. The number of nitrogens with one attached hydrogen (secondary N) is 1. The molecule has 24 heavy (non-hydrogen) atoms. The van der Waals surface area contributed by atoms with Gasteiger partial charge in [-0.2, -0.15) is 0 Å². The van der Waals surface area contributed by atoms with E-state index in [1.54, 1.807) is 18.4 Å². The number of carbonyl (C=O) groups excluding carboxylic acids is 1. The molecule has 3 rings (SSSR count). The molecule has 1 aliphatic rings. The van der Waals surface area contributed by atoms with E-state index in [4.69, 9.17) is 4.74 Å². The lowest BCUT2D eigenvalue weighted by atomic mass is 10.0. The molecule has 2 aromatic rings. The second kappa shape index (κ2) is 7.32. The first-order chi connectivity index (χ1) is 11.6. The molecule has 0 bridgehead atoms. The number of thiazole rings is 1. The number of ether oxygens (including phenoxy) is 1. The Morgan fingerprint density at radius 2 is 2.21 bits per heavy atom. The van der Waals surface area contributed by atoms with Crippen molar-refractivity contribution in [2.24, 2.45) is 0 Å². The molecular weight excluding hydrogens is 322 g/mol. The van der Waals surface area contributed by atoms with Crippen LogP contribution in [0.15, 0.2) is 30.5 Å². The number of anilines is 1. The van der Waals surface area contributed by atoms with Crippen molar-refractivity contribution < 1.29 is 9.53 Å². The summed E-state index contributed by atoms with van der Waals surface area (Å²) in [5.74, 6) is 0.844. The molecule has 0 unspecified atom stereocenters. The van der Waals surface area contributed by atoms with Crippen LogP contribution in [0.5, 0.6) is 5.75 Å². The second-order valence-corrected chi connectivity index (χ2v) is 7.29. The van der Waals surface area contributed by atoms with Gasteiger partial charge in [0.25, 0.3) is 0 Å². The molecule has 1 aromatic carbocycles. The summed E-state index contributed by atoms with van der Waals surface area (Å²) in [5.41, 5.74) is 0.845. The fourth-order valence-corrected chi connectivity index (χ4v) is 3.88. The van der Waals surface area contributed by atoms with E-state index < -0.39 is 0 Å². The summed E-state index contributed by atoms with van der Waals surface area (Å²) in [6, 6.07) is 7.62. The highest BCUT2D eigenvalue weighted by molar-refractivity contribution is 7.11. The summed E-state index contributed by atoms with van der Waals surface area (Å²) >= 11 is 1.67. The van der Waals surface area contributed by atoms with Crippen LogP contribution in [0.25, 0.3) is 0 Å². The van der Waals surface area contributed by atoms with Gasteiger partial charge in [-0.15, -0.1) is 11.3 Å². The van der Waals surface area contributed by atoms with Crippen molar-refractivity contribution >= 4 is 22.9 Å². The van der Waals surface area contributed by atoms with Crippen LogP contribution in [0.4, 0.5) is 5.69 Å². The summed E-state index contributed by atoms with van der Waals surface area (Å²) in [6.07, 6.45) is 3.71. The van der Waals surface area contributed by atoms with Crippen molar-refractivity contribution in [3.05, 3.63) is 40.3 Å². The first-order valence-electron chi connectivity index (χ1n) is 8.23. The predicted octanol–water partition coefficient (Wildman–Crippen LogP) is 3.31. The molecule has 0 spiro atoms. The minimum atomic E-state index is -0.180. The quantitative estimate of drug-likeness (QED) is 0.903. The third-order valence-corrected chi connectivity index (χ3v) is 5.43. The predicted molar refractivity (Wildman–Crippen MR) is 96.8 cm³/mol. The molecule has 2 atom stereocenters. The van der Waals surface area contributed by atoms with E-state index >= 15 is 0 Å². The van der Waals surface area contributed by atoms with Crippen molar-refractivity contribution in [3.63, 3.8) is 0 Å². The molecule has 1 fully saturated rings. The Bertz CT molecular complexity index is 716. The van der Waals surface area contributed by atoms with Crippen LogP contribution in [0.3, 0.4) is 0 Å². The number of hydrogen-bond acceptors (Lipinski definition) is 5. The lowest BCUT2D eigenvalue weighted by molar-refractivity contribution is -0.122. The summed E-state index contributed by atoms with van der Waals surface area (Å²) in [7, 11) is 1.64. The molecule has 1 N–H and O–H groups in total. The van der Waals surface area contributed by atoms with Gasteiger partial charge >= 0.3 is 0 Å². The fourth-order valence-electron chi connectivity index (χ4n) is 3.08. The Labute approximate surface area is 146 Å².